The van der Waals surface area contributed by atoms with Crippen molar-refractivity contribution in [3.8, 4) is 33.0 Å². The summed E-state index contributed by atoms with van der Waals surface area (Å²) >= 11 is 5.07. The summed E-state index contributed by atoms with van der Waals surface area (Å²) in [4.78, 5) is 5.63. The van der Waals surface area contributed by atoms with Crippen molar-refractivity contribution >= 4 is 32.2 Å². The van der Waals surface area contributed by atoms with Gasteiger partial charge in [-0.15, -0.1) is 0 Å². The predicted molar refractivity (Wildman–Crippen MR) is 115 cm³/mol. The van der Waals surface area contributed by atoms with Gasteiger partial charge in [0.2, 0.25) is 4.96 Å². The minimum atomic E-state index is 0.898. The molecule has 5 rings (SSSR count). The Morgan fingerprint density at radius 2 is 1.33 bits per heavy atom. The molecule has 0 spiro atoms. The minimum Gasteiger partial charge on any atom is -0.217 e. The summed E-state index contributed by atoms with van der Waals surface area (Å²) in [6, 6.07) is 27.1. The molecular weight excluding hydrogens is 418 g/mol. The summed E-state index contributed by atoms with van der Waals surface area (Å²) in [6.45, 7) is 0. The van der Waals surface area contributed by atoms with E-state index in [1.54, 1.807) is 11.3 Å². The van der Waals surface area contributed by atoms with Crippen molar-refractivity contribution in [3.63, 3.8) is 0 Å². The van der Waals surface area contributed by atoms with Gasteiger partial charge in [0.25, 0.3) is 0 Å². The zero-order valence-electron chi connectivity index (χ0n) is 14.2. The second kappa shape index (κ2) is 6.76. The average molecular weight is 432 g/mol. The summed E-state index contributed by atoms with van der Waals surface area (Å²) in [5.41, 5.74) is 5.56. The quantitative estimate of drug-likeness (QED) is 0.324. The molecule has 2 aromatic heterocycles. The lowest BCUT2D eigenvalue weighted by Crippen LogP contribution is -1.83. The molecule has 0 aliphatic rings. The molecule has 2 heterocycles. The molecule has 0 radical (unpaired) electrons. The summed E-state index contributed by atoms with van der Waals surface area (Å²) in [5.74, 6) is 0. The molecule has 0 saturated carbocycles. The van der Waals surface area contributed by atoms with Gasteiger partial charge in [0.05, 0.1) is 11.9 Å². The van der Waals surface area contributed by atoms with Crippen molar-refractivity contribution < 1.29 is 0 Å². The van der Waals surface area contributed by atoms with Gasteiger partial charge >= 0.3 is 0 Å². The molecule has 0 unspecified atom stereocenters. The maximum absolute atomic E-state index is 4.73. The molecule has 0 aliphatic heterocycles. The van der Waals surface area contributed by atoms with E-state index in [1.165, 1.54) is 11.1 Å². The monoisotopic (exact) mass is 431 g/mol. The van der Waals surface area contributed by atoms with Crippen LogP contribution in [-0.4, -0.2) is 14.6 Å². The van der Waals surface area contributed by atoms with E-state index >= 15 is 0 Å². The van der Waals surface area contributed by atoms with E-state index in [0.29, 0.717) is 0 Å². The van der Waals surface area contributed by atoms with E-state index in [9.17, 15) is 0 Å². The maximum atomic E-state index is 4.73. The van der Waals surface area contributed by atoms with Gasteiger partial charge in [-0.1, -0.05) is 94.0 Å². The molecule has 0 bridgehead atoms. The molecule has 0 amide bonds. The maximum Gasteiger partial charge on any atom is 0.213 e. The van der Waals surface area contributed by atoms with Crippen molar-refractivity contribution in [1.29, 1.82) is 0 Å². The van der Waals surface area contributed by atoms with Crippen LogP contribution in [0.2, 0.25) is 0 Å². The van der Waals surface area contributed by atoms with Gasteiger partial charge < -0.3 is 0 Å². The zero-order chi connectivity index (χ0) is 18.2. The van der Waals surface area contributed by atoms with Crippen LogP contribution in [0, 0.1) is 0 Å². The normalized spacial score (nSPS) is 11.1. The van der Waals surface area contributed by atoms with Gasteiger partial charge in [-0.05, 0) is 23.3 Å². The van der Waals surface area contributed by atoms with Crippen molar-refractivity contribution in [2.75, 3.05) is 0 Å². The number of halogens is 1. The Balaban J connectivity index is 1.45. The number of nitrogens with zero attached hydrogens (tertiary/aromatic N) is 3. The molecule has 3 aromatic carbocycles. The van der Waals surface area contributed by atoms with Crippen LogP contribution in [-0.2, 0) is 0 Å². The summed E-state index contributed by atoms with van der Waals surface area (Å²) in [7, 11) is 0. The fourth-order valence-electron chi connectivity index (χ4n) is 3.01. The van der Waals surface area contributed by atoms with Crippen LogP contribution in [0.3, 0.4) is 0 Å². The Morgan fingerprint density at radius 3 is 2.04 bits per heavy atom. The Labute approximate surface area is 169 Å². The van der Waals surface area contributed by atoms with Crippen LogP contribution >= 0.6 is 27.3 Å². The van der Waals surface area contributed by atoms with Crippen LogP contribution in [0.1, 0.15) is 0 Å². The van der Waals surface area contributed by atoms with Crippen LogP contribution < -0.4 is 0 Å². The second-order valence-corrected chi connectivity index (χ2v) is 8.08. The highest BCUT2D eigenvalue weighted by Crippen LogP contribution is 2.30. The van der Waals surface area contributed by atoms with E-state index in [-0.39, 0.29) is 0 Å². The van der Waals surface area contributed by atoms with Crippen LogP contribution in [0.4, 0.5) is 0 Å². The van der Waals surface area contributed by atoms with E-state index in [2.05, 4.69) is 76.6 Å². The minimum absolute atomic E-state index is 0.898. The number of rotatable bonds is 3. The lowest BCUT2D eigenvalue weighted by molar-refractivity contribution is 0.978. The summed E-state index contributed by atoms with van der Waals surface area (Å²) in [6.07, 6.45) is 1.98. The number of hydrogen-bond acceptors (Lipinski definition) is 3. The topological polar surface area (TPSA) is 30.2 Å². The van der Waals surface area contributed by atoms with Gasteiger partial charge in [0, 0.05) is 15.6 Å². The molecule has 130 valence electrons. The Morgan fingerprint density at radius 1 is 0.704 bits per heavy atom. The van der Waals surface area contributed by atoms with Crippen LogP contribution in [0.25, 0.3) is 37.9 Å². The lowest BCUT2D eigenvalue weighted by Gasteiger charge is -2.02. The summed E-state index contributed by atoms with van der Waals surface area (Å²) in [5, 5.41) is 5.68. The number of hydrogen-bond donors (Lipinski definition) is 0. The number of aromatic nitrogens is 3. The molecular formula is C22H14BrN3S. The van der Waals surface area contributed by atoms with Crippen molar-refractivity contribution in [2.24, 2.45) is 0 Å². The van der Waals surface area contributed by atoms with Crippen molar-refractivity contribution in [3.05, 3.63) is 89.5 Å². The fourth-order valence-corrected chi connectivity index (χ4v) is 4.16. The van der Waals surface area contributed by atoms with E-state index in [1.807, 2.05) is 28.9 Å². The van der Waals surface area contributed by atoms with Gasteiger partial charge in [-0.2, -0.15) is 5.10 Å². The van der Waals surface area contributed by atoms with E-state index < -0.39 is 0 Å². The van der Waals surface area contributed by atoms with Gasteiger partial charge in [0.15, 0.2) is 0 Å². The van der Waals surface area contributed by atoms with Crippen molar-refractivity contribution in [1.82, 2.24) is 14.6 Å². The molecule has 0 N–H and O–H groups in total. The molecule has 27 heavy (non-hydrogen) atoms. The lowest BCUT2D eigenvalue weighted by atomic mass is 10.0. The third-order valence-corrected chi connectivity index (χ3v) is 5.92. The SMILES string of the molecule is Brc1ccc(-c2cn3nc(-c4ccc(-c5ccccc5)cc4)sc3n2)cc1. The molecule has 0 fully saturated rings. The first-order valence-electron chi connectivity index (χ1n) is 8.54. The first-order valence-corrected chi connectivity index (χ1v) is 10.2. The molecule has 0 aliphatic carbocycles. The van der Waals surface area contributed by atoms with Gasteiger partial charge in [-0.3, -0.25) is 0 Å². The molecule has 0 saturated heterocycles. The highest BCUT2D eigenvalue weighted by Gasteiger charge is 2.11. The third kappa shape index (κ3) is 3.20. The molecule has 5 aromatic rings. The van der Waals surface area contributed by atoms with Gasteiger partial charge in [0.1, 0.15) is 5.01 Å². The predicted octanol–water partition coefficient (Wildman–Crippen LogP) is 6.55. The molecule has 5 heteroatoms. The highest BCUT2D eigenvalue weighted by atomic mass is 79.9. The van der Waals surface area contributed by atoms with Crippen molar-refractivity contribution in [2.45, 2.75) is 0 Å². The average Bonchev–Trinajstić information content (AvgIpc) is 3.29. The fraction of sp³-hybridized carbons (Fsp3) is 0. The smallest absolute Gasteiger partial charge is 0.213 e. The number of fused-ring (bicyclic) bond motifs is 1. The molecule has 0 atom stereocenters. The largest absolute Gasteiger partial charge is 0.217 e. The highest BCUT2D eigenvalue weighted by molar-refractivity contribution is 9.10. The number of benzene rings is 3. The molecule has 3 nitrogen and oxygen atoms in total. The van der Waals surface area contributed by atoms with E-state index in [4.69, 9.17) is 10.1 Å². The van der Waals surface area contributed by atoms with Crippen LogP contribution in [0.5, 0.6) is 0 Å². The Kier molecular flexibility index (Phi) is 4.11. The van der Waals surface area contributed by atoms with Gasteiger partial charge in [-0.25, -0.2) is 9.50 Å². The Bertz CT molecular complexity index is 1170. The first-order chi connectivity index (χ1) is 13.3. The number of imidazole rings is 1. The summed E-state index contributed by atoms with van der Waals surface area (Å²) < 4.78 is 2.93. The second-order valence-electron chi connectivity index (χ2n) is 6.21. The standard InChI is InChI=1S/C22H14BrN3S/c23-19-12-10-17(11-13-19)20-14-26-22(24-20)27-21(25-26)18-8-6-16(7-9-18)15-4-2-1-3-5-15/h1-14H. The third-order valence-electron chi connectivity index (χ3n) is 4.42. The van der Waals surface area contributed by atoms with Crippen LogP contribution in [0.15, 0.2) is 89.5 Å². The first kappa shape index (κ1) is 16.4. The van der Waals surface area contributed by atoms with E-state index in [0.717, 1.165) is 31.3 Å². The Hall–Kier alpha value is -2.76. The zero-order valence-corrected chi connectivity index (χ0v) is 16.6.